The number of hydrogen-bond acceptors (Lipinski definition) is 8. The highest BCUT2D eigenvalue weighted by atomic mass is 32.2. The summed E-state index contributed by atoms with van der Waals surface area (Å²) in [6.45, 7) is 0.529. The lowest BCUT2D eigenvalue weighted by Crippen LogP contribution is -2.39. The molecule has 4 heterocycles. The van der Waals surface area contributed by atoms with Crippen molar-refractivity contribution in [3.8, 4) is 0 Å². The molecule has 0 radical (unpaired) electrons. The SMILES string of the molecule is O=C1C(=Cc2ccco2)SC(=S)N1CCN1C(=O)C(=Cc2ccco2)SC1=S. The van der Waals surface area contributed by atoms with Gasteiger partial charge >= 0.3 is 0 Å². The molecule has 2 aliphatic heterocycles. The molecule has 2 aromatic heterocycles. The molecule has 0 aliphatic carbocycles. The Labute approximate surface area is 179 Å². The van der Waals surface area contributed by atoms with Gasteiger partial charge in [0.1, 0.15) is 20.2 Å². The molecule has 0 atom stereocenters. The van der Waals surface area contributed by atoms with Gasteiger partial charge in [-0.15, -0.1) is 0 Å². The maximum Gasteiger partial charge on any atom is 0.266 e. The lowest BCUT2D eigenvalue weighted by Gasteiger charge is -2.19. The van der Waals surface area contributed by atoms with Crippen molar-refractivity contribution in [1.82, 2.24) is 9.80 Å². The molecule has 6 nitrogen and oxygen atoms in total. The molecule has 2 aromatic rings. The van der Waals surface area contributed by atoms with Crippen LogP contribution < -0.4 is 0 Å². The van der Waals surface area contributed by atoms with Gasteiger partial charge in [0.2, 0.25) is 0 Å². The molecule has 142 valence electrons. The zero-order valence-electron chi connectivity index (χ0n) is 14.2. The Hall–Kier alpha value is -2.14. The van der Waals surface area contributed by atoms with E-state index in [1.54, 1.807) is 36.4 Å². The van der Waals surface area contributed by atoms with Crippen molar-refractivity contribution < 1.29 is 18.4 Å². The highest BCUT2D eigenvalue weighted by Crippen LogP contribution is 2.35. The van der Waals surface area contributed by atoms with Crippen LogP contribution in [0.15, 0.2) is 55.4 Å². The number of carbonyl (C=O) groups is 2. The second-order valence-electron chi connectivity index (χ2n) is 5.70. The van der Waals surface area contributed by atoms with Gasteiger partial charge < -0.3 is 8.83 Å². The van der Waals surface area contributed by atoms with E-state index >= 15 is 0 Å². The van der Waals surface area contributed by atoms with Crippen LogP contribution >= 0.6 is 48.0 Å². The predicted molar refractivity (Wildman–Crippen MR) is 117 cm³/mol. The van der Waals surface area contributed by atoms with E-state index in [9.17, 15) is 9.59 Å². The van der Waals surface area contributed by atoms with Crippen molar-refractivity contribution in [1.29, 1.82) is 0 Å². The summed E-state index contributed by atoms with van der Waals surface area (Å²) in [4.78, 5) is 29.2. The van der Waals surface area contributed by atoms with Gasteiger partial charge in [-0.1, -0.05) is 48.0 Å². The molecule has 2 amide bonds. The fourth-order valence-electron chi connectivity index (χ4n) is 2.59. The van der Waals surface area contributed by atoms with Gasteiger partial charge in [0.15, 0.2) is 0 Å². The Bertz CT molecular complexity index is 926. The standard InChI is InChI=1S/C18H12N2O4S4/c21-15-13(9-11-3-1-7-23-11)27-17(25)19(15)5-6-20-16(22)14(28-18(20)26)10-12-4-2-8-24-12/h1-4,7-10H,5-6H2. The summed E-state index contributed by atoms with van der Waals surface area (Å²) >= 11 is 13.1. The second-order valence-corrected chi connectivity index (χ2v) is 9.05. The topological polar surface area (TPSA) is 66.9 Å². The second kappa shape index (κ2) is 8.08. The van der Waals surface area contributed by atoms with Crippen molar-refractivity contribution in [2.75, 3.05) is 13.1 Å². The van der Waals surface area contributed by atoms with E-state index in [0.717, 1.165) is 0 Å². The summed E-state index contributed by atoms with van der Waals surface area (Å²) in [5.74, 6) is 0.756. The third-order valence-electron chi connectivity index (χ3n) is 3.93. The largest absolute Gasteiger partial charge is 0.465 e. The van der Waals surface area contributed by atoms with Crippen LogP contribution in [0, 0.1) is 0 Å². The third-order valence-corrected chi connectivity index (χ3v) is 6.68. The van der Waals surface area contributed by atoms with Crippen LogP contribution in [-0.2, 0) is 9.59 Å². The number of furan rings is 2. The Morgan fingerprint density at radius 3 is 1.61 bits per heavy atom. The highest BCUT2D eigenvalue weighted by molar-refractivity contribution is 8.27. The zero-order chi connectivity index (χ0) is 19.7. The minimum atomic E-state index is -0.206. The molecule has 0 aromatic carbocycles. The lowest BCUT2D eigenvalue weighted by atomic mass is 10.3. The summed E-state index contributed by atoms with van der Waals surface area (Å²) in [6.07, 6.45) is 6.39. The van der Waals surface area contributed by atoms with Gasteiger partial charge in [-0.05, 0) is 24.3 Å². The van der Waals surface area contributed by atoms with Crippen molar-refractivity contribution in [2.24, 2.45) is 0 Å². The smallest absolute Gasteiger partial charge is 0.266 e. The molecule has 2 aliphatic rings. The Morgan fingerprint density at radius 2 is 1.25 bits per heavy atom. The van der Waals surface area contributed by atoms with E-state index in [0.29, 0.717) is 30.0 Å². The molecular formula is C18H12N2O4S4. The molecule has 2 fully saturated rings. The summed E-state index contributed by atoms with van der Waals surface area (Å²) in [5, 5.41) is 0. The van der Waals surface area contributed by atoms with Gasteiger partial charge in [-0.2, -0.15) is 0 Å². The monoisotopic (exact) mass is 448 g/mol. The van der Waals surface area contributed by atoms with Crippen molar-refractivity contribution >= 4 is 80.6 Å². The van der Waals surface area contributed by atoms with Crippen molar-refractivity contribution in [3.63, 3.8) is 0 Å². The van der Waals surface area contributed by atoms with Gasteiger partial charge in [0, 0.05) is 25.2 Å². The summed E-state index contributed by atoms with van der Waals surface area (Å²) in [7, 11) is 0. The maximum atomic E-state index is 12.6. The normalized spacial score (nSPS) is 20.4. The van der Waals surface area contributed by atoms with Gasteiger partial charge in [0.05, 0.1) is 22.3 Å². The number of hydrogen-bond donors (Lipinski definition) is 0. The van der Waals surface area contributed by atoms with Crippen LogP contribution in [0.1, 0.15) is 11.5 Å². The fourth-order valence-corrected chi connectivity index (χ4v) is 5.17. The highest BCUT2D eigenvalue weighted by Gasteiger charge is 2.36. The van der Waals surface area contributed by atoms with E-state index in [1.807, 2.05) is 0 Å². The van der Waals surface area contributed by atoms with E-state index in [4.69, 9.17) is 33.3 Å². The maximum absolute atomic E-state index is 12.6. The minimum Gasteiger partial charge on any atom is -0.465 e. The molecule has 0 spiro atoms. The van der Waals surface area contributed by atoms with Crippen LogP contribution in [0.4, 0.5) is 0 Å². The van der Waals surface area contributed by atoms with Gasteiger partial charge in [-0.25, -0.2) is 0 Å². The number of thiocarbonyl (C=S) groups is 2. The van der Waals surface area contributed by atoms with Crippen molar-refractivity contribution in [3.05, 3.63) is 58.1 Å². The Kier molecular flexibility index (Phi) is 5.54. The van der Waals surface area contributed by atoms with Crippen LogP contribution in [0.3, 0.4) is 0 Å². The average Bonchev–Trinajstić information content (AvgIpc) is 3.43. The molecular weight excluding hydrogens is 436 g/mol. The first-order chi connectivity index (χ1) is 13.5. The zero-order valence-corrected chi connectivity index (χ0v) is 17.5. The molecule has 0 N–H and O–H groups in total. The van der Waals surface area contributed by atoms with Crippen molar-refractivity contribution in [2.45, 2.75) is 0 Å². The van der Waals surface area contributed by atoms with E-state index in [-0.39, 0.29) is 24.9 Å². The number of thioether (sulfide) groups is 2. The predicted octanol–water partition coefficient (Wildman–Crippen LogP) is 3.98. The van der Waals surface area contributed by atoms with E-state index in [2.05, 4.69) is 0 Å². The molecule has 0 saturated carbocycles. The third kappa shape index (κ3) is 3.86. The quantitative estimate of drug-likeness (QED) is 0.503. The van der Waals surface area contributed by atoms with Crippen LogP contribution in [0.2, 0.25) is 0 Å². The van der Waals surface area contributed by atoms with Crippen LogP contribution in [0.5, 0.6) is 0 Å². The average molecular weight is 449 g/mol. The molecule has 0 unspecified atom stereocenters. The van der Waals surface area contributed by atoms with Gasteiger partial charge in [0.25, 0.3) is 11.8 Å². The minimum absolute atomic E-state index is 0.206. The summed E-state index contributed by atoms with van der Waals surface area (Å²) < 4.78 is 11.4. The van der Waals surface area contributed by atoms with E-state index < -0.39 is 0 Å². The molecule has 10 heteroatoms. The number of amides is 2. The summed E-state index contributed by atoms with van der Waals surface area (Å²) in [5.41, 5.74) is 0. The van der Waals surface area contributed by atoms with Gasteiger partial charge in [-0.3, -0.25) is 19.4 Å². The molecule has 0 bridgehead atoms. The lowest BCUT2D eigenvalue weighted by molar-refractivity contribution is -0.125. The molecule has 28 heavy (non-hydrogen) atoms. The van der Waals surface area contributed by atoms with Crippen LogP contribution in [-0.4, -0.2) is 43.3 Å². The number of nitrogens with zero attached hydrogens (tertiary/aromatic N) is 2. The first-order valence-corrected chi connectivity index (χ1v) is 10.6. The molecule has 2 saturated heterocycles. The summed E-state index contributed by atoms with van der Waals surface area (Å²) in [6, 6.07) is 7.02. The number of carbonyl (C=O) groups excluding carboxylic acids is 2. The Morgan fingerprint density at radius 1 is 0.821 bits per heavy atom. The van der Waals surface area contributed by atoms with Crippen LogP contribution in [0.25, 0.3) is 12.2 Å². The first kappa shape index (κ1) is 19.2. The fraction of sp³-hybridized carbons (Fsp3) is 0.111. The number of rotatable bonds is 5. The first-order valence-electron chi connectivity index (χ1n) is 8.10. The Balaban J connectivity index is 1.43. The van der Waals surface area contributed by atoms with E-state index in [1.165, 1.54) is 45.8 Å². The molecule has 4 rings (SSSR count).